The molecule has 0 aromatic carbocycles. The molecule has 0 spiro atoms. The number of carbonyl (C=O) groups excluding carboxylic acids is 1. The Labute approximate surface area is 108 Å². The van der Waals surface area contributed by atoms with Crippen LogP contribution in [-0.2, 0) is 28.6 Å². The molecule has 0 aliphatic carbocycles. The third-order valence-corrected chi connectivity index (χ3v) is 3.38. The Morgan fingerprint density at radius 2 is 2.06 bits per heavy atom. The van der Waals surface area contributed by atoms with Crippen LogP contribution in [0.2, 0.25) is 0 Å². The summed E-state index contributed by atoms with van der Waals surface area (Å²) in [5.74, 6) is -0.331. The maximum Gasteiger partial charge on any atom is 0.340 e. The Morgan fingerprint density at radius 1 is 1.39 bits per heavy atom. The summed E-state index contributed by atoms with van der Waals surface area (Å²) in [6.07, 6.45) is 2.95. The van der Waals surface area contributed by atoms with Crippen molar-refractivity contribution in [3.63, 3.8) is 0 Å². The van der Waals surface area contributed by atoms with Crippen molar-refractivity contribution in [3.8, 4) is 0 Å². The minimum Gasteiger partial charge on any atom is -0.464 e. The van der Waals surface area contributed by atoms with Gasteiger partial charge in [0.05, 0.1) is 25.6 Å². The molecule has 1 fully saturated rings. The number of hydrogen-bond acceptors (Lipinski definition) is 6. The zero-order valence-electron chi connectivity index (χ0n) is 11.0. The number of unbranched alkanes of at least 4 members (excludes halogenated alkanes) is 1. The van der Waals surface area contributed by atoms with E-state index >= 15 is 0 Å². The molecule has 6 nitrogen and oxygen atoms in total. The van der Waals surface area contributed by atoms with Gasteiger partial charge in [-0.05, 0) is 33.1 Å². The van der Waals surface area contributed by atoms with Crippen LogP contribution < -0.4 is 0 Å². The highest BCUT2D eigenvalue weighted by atomic mass is 32.2. The van der Waals surface area contributed by atoms with Crippen LogP contribution in [0.5, 0.6) is 0 Å². The van der Waals surface area contributed by atoms with E-state index in [0.29, 0.717) is 19.4 Å². The van der Waals surface area contributed by atoms with E-state index in [1.54, 1.807) is 13.8 Å². The van der Waals surface area contributed by atoms with Crippen molar-refractivity contribution >= 4 is 16.1 Å². The second-order valence-corrected chi connectivity index (χ2v) is 6.10. The second kappa shape index (κ2) is 5.99. The standard InChI is InChI=1S/C11H20O6S/c1-4-15-10(12)11(2)9(17-11)7-5-6-8-16-18(3,13)14/h9H,4-8H2,1-3H3/t9-,11-/m1/s1. The van der Waals surface area contributed by atoms with Crippen LogP contribution in [0, 0.1) is 0 Å². The Hall–Kier alpha value is -0.660. The Morgan fingerprint density at radius 3 is 2.61 bits per heavy atom. The average Bonchev–Trinajstić information content (AvgIpc) is 2.89. The molecule has 1 aliphatic rings. The van der Waals surface area contributed by atoms with Crippen molar-refractivity contribution in [3.05, 3.63) is 0 Å². The summed E-state index contributed by atoms with van der Waals surface area (Å²) in [6.45, 7) is 3.97. The van der Waals surface area contributed by atoms with E-state index in [1.165, 1.54) is 0 Å². The number of hydrogen-bond donors (Lipinski definition) is 0. The summed E-state index contributed by atoms with van der Waals surface area (Å²) in [5, 5.41) is 0. The van der Waals surface area contributed by atoms with Crippen LogP contribution in [0.25, 0.3) is 0 Å². The molecule has 0 amide bonds. The lowest BCUT2D eigenvalue weighted by Gasteiger charge is -2.05. The molecule has 1 saturated heterocycles. The fourth-order valence-electron chi connectivity index (χ4n) is 1.69. The Kier molecular flexibility index (Phi) is 5.12. The zero-order valence-corrected chi connectivity index (χ0v) is 11.8. The molecular weight excluding hydrogens is 260 g/mol. The molecule has 0 radical (unpaired) electrons. The van der Waals surface area contributed by atoms with Crippen molar-refractivity contribution in [1.82, 2.24) is 0 Å². The maximum absolute atomic E-state index is 11.5. The molecule has 0 aromatic heterocycles. The monoisotopic (exact) mass is 280 g/mol. The van der Waals surface area contributed by atoms with E-state index in [2.05, 4.69) is 4.18 Å². The zero-order chi connectivity index (χ0) is 13.8. The van der Waals surface area contributed by atoms with Crippen molar-refractivity contribution in [2.24, 2.45) is 0 Å². The lowest BCUT2D eigenvalue weighted by atomic mass is 10.0. The number of carbonyl (C=O) groups is 1. The third-order valence-electron chi connectivity index (χ3n) is 2.78. The maximum atomic E-state index is 11.5. The van der Waals surface area contributed by atoms with E-state index in [4.69, 9.17) is 9.47 Å². The minimum absolute atomic E-state index is 0.130. The lowest BCUT2D eigenvalue weighted by Crippen LogP contribution is -2.26. The Balaban J connectivity index is 2.14. The van der Waals surface area contributed by atoms with Crippen LogP contribution in [0.3, 0.4) is 0 Å². The molecule has 7 heteroatoms. The van der Waals surface area contributed by atoms with Crippen molar-refractivity contribution in [2.45, 2.75) is 44.8 Å². The van der Waals surface area contributed by atoms with E-state index in [0.717, 1.165) is 12.7 Å². The van der Waals surface area contributed by atoms with Gasteiger partial charge in [0.25, 0.3) is 10.1 Å². The molecule has 106 valence electrons. The van der Waals surface area contributed by atoms with Crippen molar-refractivity contribution < 1.29 is 26.9 Å². The van der Waals surface area contributed by atoms with E-state index in [9.17, 15) is 13.2 Å². The van der Waals surface area contributed by atoms with Gasteiger partial charge in [-0.15, -0.1) is 0 Å². The third kappa shape index (κ3) is 4.55. The van der Waals surface area contributed by atoms with Gasteiger partial charge in [0.2, 0.25) is 0 Å². The van der Waals surface area contributed by atoms with Gasteiger partial charge in [-0.25, -0.2) is 4.79 Å². The van der Waals surface area contributed by atoms with Crippen molar-refractivity contribution in [1.29, 1.82) is 0 Å². The topological polar surface area (TPSA) is 82.2 Å². The highest BCUT2D eigenvalue weighted by molar-refractivity contribution is 7.85. The normalized spacial score (nSPS) is 26.9. The predicted octanol–water partition coefficient (Wildman–Crippen LogP) is 0.853. The predicted molar refractivity (Wildman–Crippen MR) is 64.6 cm³/mol. The van der Waals surface area contributed by atoms with Gasteiger partial charge in [0, 0.05) is 0 Å². The first-order chi connectivity index (χ1) is 8.29. The molecule has 1 heterocycles. The fourth-order valence-corrected chi connectivity index (χ4v) is 2.11. The summed E-state index contributed by atoms with van der Waals surface area (Å²) in [5.41, 5.74) is -0.812. The number of ether oxygens (including phenoxy) is 2. The molecule has 0 unspecified atom stereocenters. The molecular formula is C11H20O6S. The van der Waals surface area contributed by atoms with Crippen LogP contribution >= 0.6 is 0 Å². The molecule has 0 aromatic rings. The molecule has 2 atom stereocenters. The average molecular weight is 280 g/mol. The van der Waals surface area contributed by atoms with Gasteiger partial charge < -0.3 is 9.47 Å². The van der Waals surface area contributed by atoms with E-state index in [1.807, 2.05) is 0 Å². The second-order valence-electron chi connectivity index (χ2n) is 4.46. The summed E-state index contributed by atoms with van der Waals surface area (Å²) in [6, 6.07) is 0. The minimum atomic E-state index is -3.36. The summed E-state index contributed by atoms with van der Waals surface area (Å²) < 4.78 is 36.2. The van der Waals surface area contributed by atoms with Gasteiger partial charge >= 0.3 is 5.97 Å². The van der Waals surface area contributed by atoms with E-state index < -0.39 is 15.7 Å². The van der Waals surface area contributed by atoms with Gasteiger partial charge in [0.15, 0.2) is 5.60 Å². The Bertz CT molecular complexity index is 390. The lowest BCUT2D eigenvalue weighted by molar-refractivity contribution is -0.148. The first kappa shape index (κ1) is 15.4. The van der Waals surface area contributed by atoms with Gasteiger partial charge in [-0.3, -0.25) is 4.18 Å². The first-order valence-electron chi connectivity index (χ1n) is 5.99. The van der Waals surface area contributed by atoms with Crippen LogP contribution in [0.4, 0.5) is 0 Å². The number of epoxide rings is 1. The summed E-state index contributed by atoms with van der Waals surface area (Å²) in [7, 11) is -3.36. The first-order valence-corrected chi connectivity index (χ1v) is 7.80. The van der Waals surface area contributed by atoms with Gasteiger partial charge in [-0.2, -0.15) is 8.42 Å². The van der Waals surface area contributed by atoms with Gasteiger partial charge in [0.1, 0.15) is 0 Å². The molecule has 0 N–H and O–H groups in total. The molecule has 18 heavy (non-hydrogen) atoms. The number of esters is 1. The van der Waals surface area contributed by atoms with E-state index in [-0.39, 0.29) is 18.7 Å². The van der Waals surface area contributed by atoms with Crippen molar-refractivity contribution in [2.75, 3.05) is 19.5 Å². The quantitative estimate of drug-likeness (QED) is 0.284. The molecule has 0 saturated carbocycles. The molecule has 0 bridgehead atoms. The summed E-state index contributed by atoms with van der Waals surface area (Å²) in [4.78, 5) is 11.5. The van der Waals surface area contributed by atoms with Crippen LogP contribution in [0.15, 0.2) is 0 Å². The molecule has 1 rings (SSSR count). The SMILES string of the molecule is CCOC(=O)[C@]1(C)O[C@@H]1CCCCOS(C)(=O)=O. The van der Waals surface area contributed by atoms with Crippen LogP contribution in [0.1, 0.15) is 33.1 Å². The molecule has 1 aliphatic heterocycles. The number of rotatable bonds is 8. The summed E-state index contributed by atoms with van der Waals surface area (Å²) >= 11 is 0. The highest BCUT2D eigenvalue weighted by Gasteiger charge is 2.59. The van der Waals surface area contributed by atoms with Gasteiger partial charge in [-0.1, -0.05) is 0 Å². The fraction of sp³-hybridized carbons (Fsp3) is 0.909. The smallest absolute Gasteiger partial charge is 0.340 e. The largest absolute Gasteiger partial charge is 0.464 e. The highest BCUT2D eigenvalue weighted by Crippen LogP contribution is 2.40. The van der Waals surface area contributed by atoms with Crippen LogP contribution in [-0.4, -0.2) is 45.6 Å².